The number of pyridine rings is 1. The minimum Gasteiger partial charge on any atom is -0.480 e. The number of aryl methyl sites for hydroxylation is 2. The van der Waals surface area contributed by atoms with Gasteiger partial charge in [-0.05, 0) is 56.1 Å². The van der Waals surface area contributed by atoms with E-state index in [1.807, 2.05) is 0 Å². The Kier molecular flexibility index (Phi) is 7.87. The lowest BCUT2D eigenvalue weighted by molar-refractivity contribution is -0.140. The molecule has 1 atom stereocenters. The predicted octanol–water partition coefficient (Wildman–Crippen LogP) is 1.97. The predicted molar refractivity (Wildman–Crippen MR) is 124 cm³/mol. The average Bonchev–Trinajstić information content (AvgIpc) is 2.75. The van der Waals surface area contributed by atoms with Gasteiger partial charge in [0.2, 0.25) is 5.91 Å². The summed E-state index contributed by atoms with van der Waals surface area (Å²) in [5, 5.41) is 15.1. The van der Waals surface area contributed by atoms with Crippen molar-refractivity contribution < 1.29 is 29.0 Å². The number of aliphatic carboxylic acids is 1. The van der Waals surface area contributed by atoms with Crippen LogP contribution in [0, 0.1) is 5.92 Å². The molecule has 0 radical (unpaired) electrons. The molecule has 186 valence electrons. The first-order valence-electron chi connectivity index (χ1n) is 12.2. The minimum absolute atomic E-state index is 0.0772. The smallest absolute Gasteiger partial charge is 0.408 e. The molecule has 0 aromatic carbocycles. The fourth-order valence-electron chi connectivity index (χ4n) is 4.61. The Hall–Kier alpha value is -2.88. The molecule has 2 fully saturated rings. The summed E-state index contributed by atoms with van der Waals surface area (Å²) in [6, 6.07) is 3.25. The van der Waals surface area contributed by atoms with Crippen LogP contribution in [0.2, 0.25) is 0 Å². The molecule has 3 heterocycles. The van der Waals surface area contributed by atoms with Crippen LogP contribution < -0.4 is 10.6 Å². The van der Waals surface area contributed by atoms with Crippen molar-refractivity contribution in [2.75, 3.05) is 31.6 Å². The van der Waals surface area contributed by atoms with Crippen molar-refractivity contribution in [2.24, 2.45) is 5.92 Å². The second-order valence-electron chi connectivity index (χ2n) is 9.48. The molecule has 2 amide bonds. The molecule has 2 aliphatic heterocycles. The zero-order valence-electron chi connectivity index (χ0n) is 19.6. The van der Waals surface area contributed by atoms with Gasteiger partial charge in [-0.25, -0.2) is 14.6 Å². The molecule has 10 heteroatoms. The Balaban J connectivity index is 1.09. The van der Waals surface area contributed by atoms with Crippen LogP contribution in [-0.2, 0) is 31.9 Å². The molecule has 34 heavy (non-hydrogen) atoms. The summed E-state index contributed by atoms with van der Waals surface area (Å²) in [6.45, 7) is 3.38. The van der Waals surface area contributed by atoms with Crippen molar-refractivity contribution in [2.45, 2.75) is 70.1 Å². The van der Waals surface area contributed by atoms with E-state index in [0.717, 1.165) is 56.6 Å². The van der Waals surface area contributed by atoms with Gasteiger partial charge in [-0.1, -0.05) is 6.07 Å². The molecule has 3 aliphatic rings. The first-order valence-corrected chi connectivity index (χ1v) is 12.2. The molecule has 10 nitrogen and oxygen atoms in total. The van der Waals surface area contributed by atoms with Gasteiger partial charge in [0.25, 0.3) is 0 Å². The van der Waals surface area contributed by atoms with Crippen LogP contribution >= 0.6 is 0 Å². The summed E-state index contributed by atoms with van der Waals surface area (Å²) in [7, 11) is 0. The third-order valence-electron chi connectivity index (χ3n) is 6.87. The number of nitrogens with one attached hydrogen (secondary N) is 2. The summed E-state index contributed by atoms with van der Waals surface area (Å²) in [5.41, 5.74) is 2.42. The van der Waals surface area contributed by atoms with E-state index in [4.69, 9.17) is 14.5 Å². The largest absolute Gasteiger partial charge is 0.480 e. The quantitative estimate of drug-likeness (QED) is 0.469. The lowest BCUT2D eigenvalue weighted by Gasteiger charge is -2.37. The summed E-state index contributed by atoms with van der Waals surface area (Å²) >= 11 is 0. The number of fused-ring (bicyclic) bond motifs is 1. The number of aromatic nitrogens is 1. The number of hydrogen-bond donors (Lipinski definition) is 3. The highest BCUT2D eigenvalue weighted by molar-refractivity contribution is 5.80. The van der Waals surface area contributed by atoms with E-state index < -0.39 is 24.2 Å². The number of carboxylic acid groups (broad SMARTS) is 1. The first-order chi connectivity index (χ1) is 16.4. The number of rotatable bonds is 10. The SMILES string of the molecule is CC(=O)N1CC(OC(=O)N[C@@H](CCO[C@H]2C[C@H](CCc3ccc4c(n3)NCCC4)C2)C(=O)O)C1. The number of nitrogens with zero attached hydrogens (tertiary/aromatic N) is 2. The van der Waals surface area contributed by atoms with Crippen LogP contribution in [0.5, 0.6) is 0 Å². The Bertz CT molecular complexity index is 897. The highest BCUT2D eigenvalue weighted by atomic mass is 16.6. The van der Waals surface area contributed by atoms with E-state index >= 15 is 0 Å². The van der Waals surface area contributed by atoms with E-state index in [1.54, 1.807) is 4.90 Å². The number of carboxylic acids is 1. The van der Waals surface area contributed by atoms with Crippen LogP contribution in [0.3, 0.4) is 0 Å². The third kappa shape index (κ3) is 6.37. The molecule has 3 N–H and O–H groups in total. The molecule has 1 aromatic rings. The van der Waals surface area contributed by atoms with Crippen molar-refractivity contribution in [3.05, 3.63) is 23.4 Å². The highest BCUT2D eigenvalue weighted by Gasteiger charge is 2.33. The van der Waals surface area contributed by atoms with Gasteiger partial charge >= 0.3 is 12.1 Å². The van der Waals surface area contributed by atoms with Gasteiger partial charge in [0, 0.05) is 32.2 Å². The standard InChI is InChI=1S/C24H34N4O6/c1-15(29)28-13-20(14-28)34-24(32)27-21(23(30)31)8-10-33-19-11-16(12-19)4-6-18-7-5-17-3-2-9-25-22(17)26-18/h5,7,16,19-21H,2-4,6,8-14H2,1H3,(H,25,26)(H,27,32)(H,30,31)/t16-,19-,21-/m0/s1. The van der Waals surface area contributed by atoms with Crippen molar-refractivity contribution in [3.63, 3.8) is 0 Å². The number of likely N-dealkylation sites (tertiary alicyclic amines) is 1. The zero-order chi connectivity index (χ0) is 24.1. The first kappa shape index (κ1) is 24.3. The number of hydrogen-bond acceptors (Lipinski definition) is 7. The maximum Gasteiger partial charge on any atom is 0.408 e. The van der Waals surface area contributed by atoms with E-state index in [1.165, 1.54) is 12.5 Å². The Morgan fingerprint density at radius 3 is 2.79 bits per heavy atom. The van der Waals surface area contributed by atoms with Gasteiger partial charge in [0.15, 0.2) is 0 Å². The lowest BCUT2D eigenvalue weighted by atomic mass is 9.79. The molecular weight excluding hydrogens is 440 g/mol. The number of alkyl carbamates (subject to hydrolysis) is 1. The molecule has 4 rings (SSSR count). The maximum atomic E-state index is 12.0. The number of anilines is 1. The molecule has 1 saturated heterocycles. The van der Waals surface area contributed by atoms with Gasteiger partial charge in [-0.3, -0.25) is 4.79 Å². The van der Waals surface area contributed by atoms with Crippen molar-refractivity contribution in [3.8, 4) is 0 Å². The average molecular weight is 475 g/mol. The molecule has 0 bridgehead atoms. The van der Waals surface area contributed by atoms with Gasteiger partial charge in [0.05, 0.1) is 19.2 Å². The number of carbonyl (C=O) groups excluding carboxylic acids is 2. The van der Waals surface area contributed by atoms with Crippen LogP contribution in [0.25, 0.3) is 0 Å². The van der Waals surface area contributed by atoms with Crippen LogP contribution in [0.15, 0.2) is 12.1 Å². The van der Waals surface area contributed by atoms with Crippen LogP contribution in [0.1, 0.15) is 50.3 Å². The Morgan fingerprint density at radius 2 is 2.06 bits per heavy atom. The molecule has 1 saturated carbocycles. The summed E-state index contributed by atoms with van der Waals surface area (Å²) in [5.74, 6) is 0.427. The fraction of sp³-hybridized carbons (Fsp3) is 0.667. The van der Waals surface area contributed by atoms with Gasteiger partial charge in [-0.2, -0.15) is 0 Å². The van der Waals surface area contributed by atoms with Crippen molar-refractivity contribution in [1.29, 1.82) is 0 Å². The maximum absolute atomic E-state index is 12.0. The van der Waals surface area contributed by atoms with Gasteiger partial charge in [-0.15, -0.1) is 0 Å². The minimum atomic E-state index is -1.13. The normalized spacial score (nSPS) is 22.4. The zero-order valence-corrected chi connectivity index (χ0v) is 19.6. The highest BCUT2D eigenvalue weighted by Crippen LogP contribution is 2.34. The number of amides is 2. The van der Waals surface area contributed by atoms with E-state index in [9.17, 15) is 19.5 Å². The summed E-state index contributed by atoms with van der Waals surface area (Å²) in [4.78, 5) is 40.9. The monoisotopic (exact) mass is 474 g/mol. The topological polar surface area (TPSA) is 130 Å². The summed E-state index contributed by atoms with van der Waals surface area (Å²) in [6.07, 6.45) is 5.33. The van der Waals surface area contributed by atoms with E-state index in [0.29, 0.717) is 19.0 Å². The number of carbonyl (C=O) groups is 3. The second kappa shape index (κ2) is 11.0. The summed E-state index contributed by atoms with van der Waals surface area (Å²) < 4.78 is 11.0. The van der Waals surface area contributed by atoms with Gasteiger partial charge < -0.3 is 30.1 Å². The Morgan fingerprint density at radius 1 is 1.26 bits per heavy atom. The molecule has 0 spiro atoms. The Labute approximate surface area is 199 Å². The van der Waals surface area contributed by atoms with Crippen molar-refractivity contribution in [1.82, 2.24) is 15.2 Å². The van der Waals surface area contributed by atoms with Gasteiger partial charge in [0.1, 0.15) is 18.0 Å². The molecule has 0 unspecified atom stereocenters. The van der Waals surface area contributed by atoms with Crippen molar-refractivity contribution >= 4 is 23.8 Å². The van der Waals surface area contributed by atoms with Crippen LogP contribution in [0.4, 0.5) is 10.6 Å². The van der Waals surface area contributed by atoms with E-state index in [2.05, 4.69) is 22.8 Å². The second-order valence-corrected chi connectivity index (χ2v) is 9.48. The lowest BCUT2D eigenvalue weighted by Crippen LogP contribution is -2.56. The molecule has 1 aliphatic carbocycles. The molecule has 1 aromatic heterocycles. The van der Waals surface area contributed by atoms with E-state index in [-0.39, 0.29) is 25.0 Å². The molecular formula is C24H34N4O6. The number of ether oxygens (including phenoxy) is 2. The van der Waals surface area contributed by atoms with Crippen LogP contribution in [-0.4, -0.2) is 77.5 Å². The fourth-order valence-corrected chi connectivity index (χ4v) is 4.61. The third-order valence-corrected chi connectivity index (χ3v) is 6.87.